The minimum atomic E-state index is 0.0967. The van der Waals surface area contributed by atoms with Crippen LogP contribution in [-0.4, -0.2) is 17.5 Å². The van der Waals surface area contributed by atoms with Crippen molar-refractivity contribution in [3.05, 3.63) is 24.2 Å². The first-order valence-electron chi connectivity index (χ1n) is 4.55. The van der Waals surface area contributed by atoms with Crippen LogP contribution in [0.5, 0.6) is 0 Å². The summed E-state index contributed by atoms with van der Waals surface area (Å²) in [6.07, 6.45) is 6.12. The summed E-state index contributed by atoms with van der Waals surface area (Å²) in [4.78, 5) is 4.35. The molecular formula is C10H13N3OS. The van der Waals surface area contributed by atoms with Crippen molar-refractivity contribution < 1.29 is 4.42 Å². The van der Waals surface area contributed by atoms with Crippen molar-refractivity contribution in [1.82, 2.24) is 5.32 Å². The maximum Gasteiger partial charge on any atom is 0.183 e. The van der Waals surface area contributed by atoms with Gasteiger partial charge >= 0.3 is 0 Å². The lowest BCUT2D eigenvalue weighted by molar-refractivity contribution is 0.492. The molecule has 1 aromatic rings. The molecule has 1 rings (SSSR count). The number of thioether (sulfide) groups is 1. The highest BCUT2D eigenvalue weighted by Gasteiger charge is 2.05. The molecule has 0 saturated carbocycles. The van der Waals surface area contributed by atoms with Crippen LogP contribution in [0.25, 0.3) is 0 Å². The molecule has 0 saturated heterocycles. The van der Waals surface area contributed by atoms with Gasteiger partial charge in [-0.2, -0.15) is 5.26 Å². The van der Waals surface area contributed by atoms with Crippen LogP contribution >= 0.6 is 11.8 Å². The summed E-state index contributed by atoms with van der Waals surface area (Å²) in [5.74, 6) is 0.906. The number of hydrogen-bond acceptors (Lipinski definition) is 4. The highest BCUT2D eigenvalue weighted by molar-refractivity contribution is 8.13. The molecule has 0 radical (unpaired) electrons. The average Bonchev–Trinajstić information content (AvgIpc) is 2.69. The van der Waals surface area contributed by atoms with Crippen molar-refractivity contribution in [2.75, 3.05) is 6.26 Å². The molecule has 80 valence electrons. The molecule has 5 heteroatoms. The fourth-order valence-electron chi connectivity index (χ4n) is 1.15. The fourth-order valence-corrected chi connectivity index (χ4v) is 1.58. The number of furan rings is 1. The van der Waals surface area contributed by atoms with Gasteiger partial charge in [-0.1, -0.05) is 11.8 Å². The predicted molar refractivity (Wildman–Crippen MR) is 61.6 cm³/mol. The summed E-state index contributed by atoms with van der Waals surface area (Å²) in [7, 11) is 0. The molecule has 0 spiro atoms. The van der Waals surface area contributed by atoms with Crippen molar-refractivity contribution in [1.29, 1.82) is 5.26 Å². The summed E-state index contributed by atoms with van der Waals surface area (Å²) in [5, 5.41) is 11.6. The Hall–Kier alpha value is -1.41. The maximum absolute atomic E-state index is 8.46. The Morgan fingerprint density at radius 1 is 1.80 bits per heavy atom. The van der Waals surface area contributed by atoms with Gasteiger partial charge < -0.3 is 4.42 Å². The first-order chi connectivity index (χ1) is 7.26. The fraction of sp³-hybridized carbons (Fsp3) is 0.400. The second-order valence-electron chi connectivity index (χ2n) is 3.01. The molecule has 15 heavy (non-hydrogen) atoms. The molecule has 1 N–H and O–H groups in total. The van der Waals surface area contributed by atoms with Gasteiger partial charge in [0.15, 0.2) is 11.4 Å². The van der Waals surface area contributed by atoms with Gasteiger partial charge in [0.05, 0.1) is 12.3 Å². The zero-order valence-corrected chi connectivity index (χ0v) is 9.54. The van der Waals surface area contributed by atoms with E-state index in [1.165, 1.54) is 11.8 Å². The third-order valence-electron chi connectivity index (χ3n) is 1.77. The van der Waals surface area contributed by atoms with Crippen molar-refractivity contribution in [2.45, 2.75) is 19.4 Å². The van der Waals surface area contributed by atoms with Crippen LogP contribution in [0.2, 0.25) is 0 Å². The molecular weight excluding hydrogens is 210 g/mol. The Bertz CT molecular complexity index is 353. The molecule has 1 aromatic heterocycles. The highest BCUT2D eigenvalue weighted by Crippen LogP contribution is 2.07. The second-order valence-corrected chi connectivity index (χ2v) is 3.80. The van der Waals surface area contributed by atoms with Crippen molar-refractivity contribution in [3.63, 3.8) is 0 Å². The largest absolute Gasteiger partial charge is 0.469 e. The topological polar surface area (TPSA) is 61.3 Å². The smallest absolute Gasteiger partial charge is 0.183 e. The van der Waals surface area contributed by atoms with Crippen LogP contribution < -0.4 is 5.32 Å². The highest BCUT2D eigenvalue weighted by atomic mass is 32.2. The molecule has 0 fully saturated rings. The van der Waals surface area contributed by atoms with Crippen LogP contribution in [0, 0.1) is 11.5 Å². The van der Waals surface area contributed by atoms with E-state index >= 15 is 0 Å². The van der Waals surface area contributed by atoms with E-state index in [1.807, 2.05) is 31.5 Å². The maximum atomic E-state index is 8.46. The van der Waals surface area contributed by atoms with Gasteiger partial charge in [-0.3, -0.25) is 10.3 Å². The molecule has 1 unspecified atom stereocenters. The number of nitrogens with zero attached hydrogens (tertiary/aromatic N) is 2. The summed E-state index contributed by atoms with van der Waals surface area (Å²) in [6.45, 7) is 1.98. The van der Waals surface area contributed by atoms with Gasteiger partial charge in [0.1, 0.15) is 5.76 Å². The minimum Gasteiger partial charge on any atom is -0.469 e. The van der Waals surface area contributed by atoms with Crippen LogP contribution in [0.15, 0.2) is 27.8 Å². The lowest BCUT2D eigenvalue weighted by Crippen LogP contribution is -2.17. The molecule has 0 aliphatic carbocycles. The zero-order valence-electron chi connectivity index (χ0n) is 8.73. The van der Waals surface area contributed by atoms with Crippen LogP contribution in [0.4, 0.5) is 0 Å². The van der Waals surface area contributed by atoms with Gasteiger partial charge in [0.25, 0.3) is 0 Å². The first-order valence-corrected chi connectivity index (χ1v) is 5.78. The minimum absolute atomic E-state index is 0.0967. The summed E-state index contributed by atoms with van der Waals surface area (Å²) < 4.78 is 5.22. The van der Waals surface area contributed by atoms with E-state index in [0.29, 0.717) is 5.17 Å². The van der Waals surface area contributed by atoms with Gasteiger partial charge in [0.2, 0.25) is 0 Å². The van der Waals surface area contributed by atoms with Crippen LogP contribution in [0.3, 0.4) is 0 Å². The predicted octanol–water partition coefficient (Wildman–Crippen LogP) is 2.00. The number of nitrogens with one attached hydrogen (secondary N) is 1. The number of hydrogen-bond donors (Lipinski definition) is 1. The molecule has 0 bridgehead atoms. The number of rotatable bonds is 3. The number of nitriles is 1. The molecule has 0 aliphatic heterocycles. The Morgan fingerprint density at radius 2 is 2.60 bits per heavy atom. The monoisotopic (exact) mass is 223 g/mol. The van der Waals surface area contributed by atoms with Crippen molar-refractivity contribution in [3.8, 4) is 6.19 Å². The first kappa shape index (κ1) is 11.7. The summed E-state index contributed by atoms with van der Waals surface area (Å²) >= 11 is 1.42. The van der Waals surface area contributed by atoms with Crippen LogP contribution in [0.1, 0.15) is 12.7 Å². The molecule has 0 aromatic carbocycles. The van der Waals surface area contributed by atoms with Gasteiger partial charge in [-0.05, 0) is 25.3 Å². The third kappa shape index (κ3) is 4.09. The van der Waals surface area contributed by atoms with E-state index in [9.17, 15) is 0 Å². The Morgan fingerprint density at radius 3 is 3.13 bits per heavy atom. The summed E-state index contributed by atoms with van der Waals surface area (Å²) in [6, 6.07) is 3.87. The van der Waals surface area contributed by atoms with E-state index < -0.39 is 0 Å². The molecule has 1 atom stereocenters. The molecule has 0 amide bonds. The van der Waals surface area contributed by atoms with E-state index in [2.05, 4.69) is 10.3 Å². The van der Waals surface area contributed by atoms with E-state index in [4.69, 9.17) is 9.68 Å². The Labute approximate surface area is 93.4 Å². The lowest BCUT2D eigenvalue weighted by Gasteiger charge is -2.06. The van der Waals surface area contributed by atoms with Gasteiger partial charge in [0, 0.05) is 6.42 Å². The quantitative estimate of drug-likeness (QED) is 0.368. The Balaban J connectivity index is 2.53. The molecule has 1 heterocycles. The molecule has 0 aliphatic rings. The normalized spacial score (nSPS) is 13.3. The van der Waals surface area contributed by atoms with E-state index in [-0.39, 0.29) is 6.04 Å². The standard InChI is InChI=1S/C10H13N3OS/c1-8(6-9-4-3-5-14-9)13-10(15-2)12-7-11/h3-5,8H,6H2,1-2H3,(H,12,13). The lowest BCUT2D eigenvalue weighted by atomic mass is 10.2. The average molecular weight is 223 g/mol. The summed E-state index contributed by atoms with van der Waals surface area (Å²) in [5.41, 5.74) is 0. The van der Waals surface area contributed by atoms with Crippen molar-refractivity contribution in [2.24, 2.45) is 4.99 Å². The third-order valence-corrected chi connectivity index (χ3v) is 2.36. The van der Waals surface area contributed by atoms with Gasteiger partial charge in [-0.15, -0.1) is 0 Å². The van der Waals surface area contributed by atoms with Crippen molar-refractivity contribution >= 4 is 16.9 Å². The van der Waals surface area contributed by atoms with E-state index in [0.717, 1.165) is 12.2 Å². The number of aliphatic imine (C=N–C) groups is 1. The van der Waals surface area contributed by atoms with Crippen LogP contribution in [-0.2, 0) is 6.42 Å². The molecule has 4 nitrogen and oxygen atoms in total. The van der Waals surface area contributed by atoms with Gasteiger partial charge in [-0.25, -0.2) is 0 Å². The zero-order chi connectivity index (χ0) is 11.1. The van der Waals surface area contributed by atoms with E-state index in [1.54, 1.807) is 6.26 Å². The SMILES string of the molecule is CSC(=NC(C)Cc1ccco1)NC#N. The number of amidine groups is 1. The second kappa shape index (κ2) is 6.14. The Kier molecular flexibility index (Phi) is 4.78.